The molecule has 29 heavy (non-hydrogen) atoms. The third kappa shape index (κ3) is 4.24. The lowest BCUT2D eigenvalue weighted by Crippen LogP contribution is -2.28. The Morgan fingerprint density at radius 3 is 2.66 bits per heavy atom. The summed E-state index contributed by atoms with van der Waals surface area (Å²) in [5, 5.41) is 14.8. The number of nitro groups is 1. The number of amides is 1. The number of ether oxygens (including phenoxy) is 1. The Morgan fingerprint density at radius 2 is 1.93 bits per heavy atom. The number of likely N-dealkylation sites (tertiary alicyclic amines) is 1. The van der Waals surface area contributed by atoms with Gasteiger partial charge in [0.15, 0.2) is 0 Å². The fourth-order valence-corrected chi connectivity index (χ4v) is 4.17. The minimum absolute atomic E-state index is 0.0347. The minimum atomic E-state index is -0.483. The van der Waals surface area contributed by atoms with E-state index in [0.29, 0.717) is 32.2 Å². The zero-order valence-corrected chi connectivity index (χ0v) is 16.3. The first-order chi connectivity index (χ1) is 14.1. The number of hydrogen-bond donors (Lipinski definition) is 1. The Kier molecular flexibility index (Phi) is 5.76. The molecule has 2 unspecified atom stereocenters. The molecule has 0 aliphatic carbocycles. The van der Waals surface area contributed by atoms with Crippen LogP contribution in [0.5, 0.6) is 0 Å². The third-order valence-corrected chi connectivity index (χ3v) is 5.73. The molecule has 0 radical (unpaired) electrons. The maximum Gasteiger partial charge on any atom is 0.282 e. The number of nitrogens with zero attached hydrogens (tertiary/aromatic N) is 2. The van der Waals surface area contributed by atoms with Crippen molar-refractivity contribution in [3.63, 3.8) is 0 Å². The smallest absolute Gasteiger partial charge is 0.282 e. The fraction of sp³-hybridized carbons (Fsp3) is 0.409. The van der Waals surface area contributed by atoms with Crippen LogP contribution in [0.15, 0.2) is 48.5 Å². The summed E-state index contributed by atoms with van der Waals surface area (Å²) >= 11 is 0. The van der Waals surface area contributed by atoms with Crippen molar-refractivity contribution in [1.29, 1.82) is 0 Å². The average molecular weight is 395 g/mol. The standard InChI is InChI=1S/C22H25N3O4/c26-22(24-11-4-5-12-24)19-14-18(8-9-20(19)25(27)28)23-15-17-10-13-29-21(17)16-6-2-1-3-7-16/h1-3,6-9,14,17,21,23H,4-5,10-13,15H2. The number of hydrogen-bond acceptors (Lipinski definition) is 5. The highest BCUT2D eigenvalue weighted by atomic mass is 16.6. The lowest BCUT2D eigenvalue weighted by atomic mass is 9.95. The number of carbonyl (C=O) groups excluding carboxylic acids is 1. The van der Waals surface area contributed by atoms with E-state index in [-0.39, 0.29) is 23.3 Å². The van der Waals surface area contributed by atoms with Crippen LogP contribution in [0.25, 0.3) is 0 Å². The summed E-state index contributed by atoms with van der Waals surface area (Å²) in [5.41, 5.74) is 1.89. The van der Waals surface area contributed by atoms with Crippen molar-refractivity contribution in [1.82, 2.24) is 4.90 Å². The lowest BCUT2D eigenvalue weighted by molar-refractivity contribution is -0.385. The van der Waals surface area contributed by atoms with E-state index >= 15 is 0 Å². The van der Waals surface area contributed by atoms with Gasteiger partial charge in [0.2, 0.25) is 0 Å². The minimum Gasteiger partial charge on any atom is -0.385 e. The lowest BCUT2D eigenvalue weighted by Gasteiger charge is -2.20. The topological polar surface area (TPSA) is 84.7 Å². The van der Waals surface area contributed by atoms with Gasteiger partial charge >= 0.3 is 0 Å². The number of benzene rings is 2. The maximum atomic E-state index is 12.8. The molecule has 2 atom stereocenters. The van der Waals surface area contributed by atoms with Gasteiger partial charge in [-0.1, -0.05) is 30.3 Å². The quantitative estimate of drug-likeness (QED) is 0.590. The highest BCUT2D eigenvalue weighted by Gasteiger charge is 2.30. The molecule has 1 amide bonds. The van der Waals surface area contributed by atoms with Gasteiger partial charge in [0, 0.05) is 43.9 Å². The van der Waals surface area contributed by atoms with Crippen LogP contribution < -0.4 is 5.32 Å². The van der Waals surface area contributed by atoms with Crippen LogP contribution in [-0.2, 0) is 4.74 Å². The van der Waals surface area contributed by atoms with Crippen molar-refractivity contribution in [2.24, 2.45) is 5.92 Å². The van der Waals surface area contributed by atoms with Gasteiger partial charge in [0.05, 0.1) is 11.0 Å². The van der Waals surface area contributed by atoms with Gasteiger partial charge in [0.25, 0.3) is 11.6 Å². The summed E-state index contributed by atoms with van der Waals surface area (Å²) < 4.78 is 5.93. The van der Waals surface area contributed by atoms with Gasteiger partial charge in [-0.3, -0.25) is 14.9 Å². The molecule has 2 heterocycles. The summed E-state index contributed by atoms with van der Waals surface area (Å²) in [6.07, 6.45) is 2.87. The Balaban J connectivity index is 1.49. The molecule has 0 spiro atoms. The molecule has 0 aromatic heterocycles. The largest absolute Gasteiger partial charge is 0.385 e. The zero-order chi connectivity index (χ0) is 20.2. The maximum absolute atomic E-state index is 12.8. The van der Waals surface area contributed by atoms with Crippen LogP contribution in [0.4, 0.5) is 11.4 Å². The van der Waals surface area contributed by atoms with E-state index < -0.39 is 4.92 Å². The highest BCUT2D eigenvalue weighted by molar-refractivity contribution is 5.99. The first kappa shape index (κ1) is 19.4. The van der Waals surface area contributed by atoms with Crippen molar-refractivity contribution in [2.75, 3.05) is 31.6 Å². The molecule has 2 aliphatic rings. The Labute approximate surface area is 169 Å². The summed E-state index contributed by atoms with van der Waals surface area (Å²) in [6.45, 7) is 2.71. The Hall–Kier alpha value is -2.93. The molecule has 7 nitrogen and oxygen atoms in total. The molecule has 2 saturated heterocycles. The molecule has 1 N–H and O–H groups in total. The molecule has 2 fully saturated rings. The van der Waals surface area contributed by atoms with Crippen molar-refractivity contribution >= 4 is 17.3 Å². The Bertz CT molecular complexity index is 881. The first-order valence-electron chi connectivity index (χ1n) is 10.1. The Morgan fingerprint density at radius 1 is 1.17 bits per heavy atom. The molecule has 0 saturated carbocycles. The molecular formula is C22H25N3O4. The normalized spacial score (nSPS) is 21.3. The van der Waals surface area contributed by atoms with Crippen LogP contribution in [0.2, 0.25) is 0 Å². The van der Waals surface area contributed by atoms with Gasteiger partial charge in [0.1, 0.15) is 5.56 Å². The number of rotatable bonds is 6. The summed E-state index contributed by atoms with van der Waals surface area (Å²) in [4.78, 5) is 25.4. The summed E-state index contributed by atoms with van der Waals surface area (Å²) in [7, 11) is 0. The van der Waals surface area contributed by atoms with E-state index in [1.54, 1.807) is 17.0 Å². The SMILES string of the molecule is O=C(c1cc(NCC2CCOC2c2ccccc2)ccc1[N+](=O)[O-])N1CCCC1. The molecule has 152 valence electrons. The molecule has 4 rings (SSSR count). The number of anilines is 1. The van der Waals surface area contributed by atoms with Crippen molar-refractivity contribution < 1.29 is 14.5 Å². The molecule has 2 aromatic rings. The van der Waals surface area contributed by atoms with Gasteiger partial charge < -0.3 is 15.0 Å². The first-order valence-corrected chi connectivity index (χ1v) is 10.1. The predicted molar refractivity (Wildman–Crippen MR) is 110 cm³/mol. The fourth-order valence-electron chi connectivity index (χ4n) is 4.17. The van der Waals surface area contributed by atoms with Crippen LogP contribution in [0.3, 0.4) is 0 Å². The average Bonchev–Trinajstić information content (AvgIpc) is 3.44. The molecule has 0 bridgehead atoms. The monoisotopic (exact) mass is 395 g/mol. The van der Waals surface area contributed by atoms with Gasteiger partial charge in [-0.2, -0.15) is 0 Å². The van der Waals surface area contributed by atoms with E-state index in [2.05, 4.69) is 17.4 Å². The van der Waals surface area contributed by atoms with Crippen molar-refractivity contribution in [3.8, 4) is 0 Å². The second kappa shape index (κ2) is 8.61. The van der Waals surface area contributed by atoms with Gasteiger partial charge in [-0.15, -0.1) is 0 Å². The second-order valence-corrected chi connectivity index (χ2v) is 7.62. The molecule has 7 heteroatoms. The van der Waals surface area contributed by atoms with E-state index in [9.17, 15) is 14.9 Å². The number of nitro benzene ring substituents is 1. The van der Waals surface area contributed by atoms with Crippen molar-refractivity contribution in [2.45, 2.75) is 25.4 Å². The highest BCUT2D eigenvalue weighted by Crippen LogP contribution is 2.35. The molecule has 2 aliphatic heterocycles. The van der Waals surface area contributed by atoms with E-state index in [0.717, 1.165) is 30.5 Å². The zero-order valence-electron chi connectivity index (χ0n) is 16.3. The number of carbonyl (C=O) groups is 1. The van der Waals surface area contributed by atoms with E-state index in [1.165, 1.54) is 6.07 Å². The molecular weight excluding hydrogens is 370 g/mol. The van der Waals surface area contributed by atoms with Gasteiger partial charge in [-0.05, 0) is 37.0 Å². The van der Waals surface area contributed by atoms with Gasteiger partial charge in [-0.25, -0.2) is 0 Å². The summed E-state index contributed by atoms with van der Waals surface area (Å²) in [5.74, 6) is 0.0366. The van der Waals surface area contributed by atoms with Crippen LogP contribution in [0, 0.1) is 16.0 Å². The van der Waals surface area contributed by atoms with Crippen LogP contribution in [0.1, 0.15) is 41.3 Å². The summed E-state index contributed by atoms with van der Waals surface area (Å²) in [6, 6.07) is 14.9. The number of nitrogens with one attached hydrogen (secondary N) is 1. The molecule has 2 aromatic carbocycles. The van der Waals surface area contributed by atoms with Crippen LogP contribution in [-0.4, -0.2) is 42.0 Å². The van der Waals surface area contributed by atoms with Crippen molar-refractivity contribution in [3.05, 3.63) is 69.8 Å². The van der Waals surface area contributed by atoms with Crippen LogP contribution >= 0.6 is 0 Å². The third-order valence-electron chi connectivity index (χ3n) is 5.73. The second-order valence-electron chi connectivity index (χ2n) is 7.62. The predicted octanol–water partition coefficient (Wildman–Crippen LogP) is 4.02. The van der Waals surface area contributed by atoms with E-state index in [1.807, 2.05) is 18.2 Å². The van der Waals surface area contributed by atoms with E-state index in [4.69, 9.17) is 4.74 Å².